The summed E-state index contributed by atoms with van der Waals surface area (Å²) in [7, 11) is 0. The molecular weight excluding hydrogens is 264 g/mol. The van der Waals surface area contributed by atoms with Gasteiger partial charge in [-0.2, -0.15) is 0 Å². The number of hydrogen-bond donors (Lipinski definition) is 0. The van der Waals surface area contributed by atoms with Gasteiger partial charge in [0.15, 0.2) is 0 Å². The quantitative estimate of drug-likeness (QED) is 0.517. The third kappa shape index (κ3) is 4.15. The lowest BCUT2D eigenvalue weighted by atomic mass is 9.67. The molecule has 0 aliphatic heterocycles. The van der Waals surface area contributed by atoms with Crippen LogP contribution in [0.3, 0.4) is 0 Å². The van der Waals surface area contributed by atoms with Crippen molar-refractivity contribution in [3.63, 3.8) is 0 Å². The van der Waals surface area contributed by atoms with Gasteiger partial charge in [-0.1, -0.05) is 84.6 Å². The molecule has 1 aliphatic carbocycles. The monoisotopic (exact) mass is 300 g/mol. The van der Waals surface area contributed by atoms with Crippen LogP contribution in [0.5, 0.6) is 0 Å². The lowest BCUT2D eigenvalue weighted by Gasteiger charge is -2.38. The summed E-state index contributed by atoms with van der Waals surface area (Å²) >= 11 is 0. The Labute approximate surface area is 138 Å². The van der Waals surface area contributed by atoms with Crippen molar-refractivity contribution in [3.8, 4) is 0 Å². The molecular formula is C22H36. The minimum atomic E-state index is 0.384. The van der Waals surface area contributed by atoms with E-state index in [0.29, 0.717) is 17.3 Å². The highest BCUT2D eigenvalue weighted by molar-refractivity contribution is 5.29. The van der Waals surface area contributed by atoms with Gasteiger partial charge in [0, 0.05) is 0 Å². The molecule has 0 heteroatoms. The molecule has 1 fully saturated rings. The van der Waals surface area contributed by atoms with E-state index in [0.717, 1.165) is 5.92 Å². The molecule has 1 aromatic rings. The molecule has 0 bridgehead atoms. The largest absolute Gasteiger partial charge is 0.0654 e. The summed E-state index contributed by atoms with van der Waals surface area (Å²) in [5.41, 5.74) is 3.52. The first-order valence-electron chi connectivity index (χ1n) is 9.55. The Morgan fingerprint density at radius 3 is 2.09 bits per heavy atom. The van der Waals surface area contributed by atoms with Crippen molar-refractivity contribution < 1.29 is 0 Å². The van der Waals surface area contributed by atoms with Crippen LogP contribution < -0.4 is 0 Å². The summed E-state index contributed by atoms with van der Waals surface area (Å²) in [5, 5.41) is 0. The molecule has 0 saturated heterocycles. The normalized spacial score (nSPS) is 18.6. The summed E-state index contributed by atoms with van der Waals surface area (Å²) in [4.78, 5) is 0. The highest BCUT2D eigenvalue weighted by Crippen LogP contribution is 2.44. The van der Waals surface area contributed by atoms with E-state index in [1.54, 1.807) is 11.1 Å². The van der Waals surface area contributed by atoms with Gasteiger partial charge in [-0.3, -0.25) is 0 Å². The highest BCUT2D eigenvalue weighted by atomic mass is 14.4. The number of hydrogen-bond acceptors (Lipinski definition) is 0. The molecule has 0 radical (unpaired) electrons. The van der Waals surface area contributed by atoms with Crippen LogP contribution in [0.25, 0.3) is 0 Å². The Hall–Kier alpha value is -0.780. The van der Waals surface area contributed by atoms with E-state index in [4.69, 9.17) is 0 Å². The van der Waals surface area contributed by atoms with Crippen molar-refractivity contribution >= 4 is 0 Å². The molecule has 0 aromatic heterocycles. The third-order valence-electron chi connectivity index (χ3n) is 5.78. The molecule has 1 atom stereocenters. The molecule has 0 N–H and O–H groups in total. The molecule has 1 unspecified atom stereocenters. The topological polar surface area (TPSA) is 0 Å². The number of benzene rings is 1. The predicted molar refractivity (Wildman–Crippen MR) is 98.5 cm³/mol. The smallest absolute Gasteiger partial charge is 0.00875 e. The highest BCUT2D eigenvalue weighted by Gasteiger charge is 2.32. The molecule has 0 spiro atoms. The maximum absolute atomic E-state index is 2.45. The minimum absolute atomic E-state index is 0.384. The van der Waals surface area contributed by atoms with Crippen molar-refractivity contribution in [2.24, 2.45) is 11.3 Å². The van der Waals surface area contributed by atoms with Crippen LogP contribution >= 0.6 is 0 Å². The first-order valence-corrected chi connectivity index (χ1v) is 9.55. The summed E-state index contributed by atoms with van der Waals surface area (Å²) in [6.07, 6.45) is 9.66. The van der Waals surface area contributed by atoms with Crippen molar-refractivity contribution in [2.45, 2.75) is 91.4 Å². The first kappa shape index (κ1) is 17.6. The van der Waals surface area contributed by atoms with E-state index >= 15 is 0 Å². The van der Waals surface area contributed by atoms with Crippen molar-refractivity contribution in [2.75, 3.05) is 0 Å². The maximum Gasteiger partial charge on any atom is -0.00875 e. The lowest BCUT2D eigenvalue weighted by Crippen LogP contribution is -2.26. The van der Waals surface area contributed by atoms with Gasteiger partial charge in [0.1, 0.15) is 0 Å². The molecule has 1 saturated carbocycles. The molecule has 0 amide bonds. The molecule has 124 valence electrons. The Morgan fingerprint density at radius 1 is 1.00 bits per heavy atom. The van der Waals surface area contributed by atoms with Crippen molar-refractivity contribution in [3.05, 3.63) is 35.4 Å². The van der Waals surface area contributed by atoms with Gasteiger partial charge in [0.25, 0.3) is 0 Å². The molecule has 2 rings (SSSR count). The Bertz CT molecular complexity index is 432. The zero-order valence-electron chi connectivity index (χ0n) is 15.5. The van der Waals surface area contributed by atoms with Crippen LogP contribution in [0.4, 0.5) is 0 Å². The van der Waals surface area contributed by atoms with Gasteiger partial charge in [-0.15, -0.1) is 0 Å². The van der Waals surface area contributed by atoms with Crippen LogP contribution in [0.2, 0.25) is 0 Å². The van der Waals surface area contributed by atoms with Gasteiger partial charge in [-0.05, 0) is 53.6 Å². The average Bonchev–Trinajstić information content (AvgIpc) is 2.48. The van der Waals surface area contributed by atoms with Gasteiger partial charge in [-0.25, -0.2) is 0 Å². The third-order valence-corrected chi connectivity index (χ3v) is 5.78. The second-order valence-electron chi connectivity index (χ2n) is 8.46. The van der Waals surface area contributed by atoms with Crippen LogP contribution in [0.15, 0.2) is 24.3 Å². The van der Waals surface area contributed by atoms with Gasteiger partial charge >= 0.3 is 0 Å². The Morgan fingerprint density at radius 2 is 1.59 bits per heavy atom. The minimum Gasteiger partial charge on any atom is -0.0654 e. The van der Waals surface area contributed by atoms with Crippen LogP contribution in [-0.4, -0.2) is 0 Å². The van der Waals surface area contributed by atoms with E-state index in [1.165, 1.54) is 44.9 Å². The van der Waals surface area contributed by atoms with E-state index in [9.17, 15) is 0 Å². The summed E-state index contributed by atoms with van der Waals surface area (Å²) in [5.74, 6) is 2.18. The zero-order chi connectivity index (χ0) is 16.2. The van der Waals surface area contributed by atoms with E-state index < -0.39 is 0 Å². The zero-order valence-corrected chi connectivity index (χ0v) is 15.5. The standard InChI is InChI=1S/C22H36/c1-6-16-22(4,5)21(17(2)3)20-14-12-19(13-15-20)18-10-8-7-9-11-18/h12-15,17-18,21H,6-11,16H2,1-5H3. The Kier molecular flexibility index (Phi) is 6.12. The van der Waals surface area contributed by atoms with Gasteiger partial charge in [0.05, 0.1) is 0 Å². The SMILES string of the molecule is CCCC(C)(C)C(c1ccc(C2CCCCC2)cc1)C(C)C. The van der Waals surface area contributed by atoms with Crippen molar-refractivity contribution in [1.82, 2.24) is 0 Å². The van der Waals surface area contributed by atoms with Crippen LogP contribution in [0.1, 0.15) is 103 Å². The molecule has 22 heavy (non-hydrogen) atoms. The van der Waals surface area contributed by atoms with Crippen molar-refractivity contribution in [1.29, 1.82) is 0 Å². The lowest BCUT2D eigenvalue weighted by molar-refractivity contribution is 0.211. The first-order chi connectivity index (χ1) is 10.5. The maximum atomic E-state index is 2.45. The fourth-order valence-corrected chi connectivity index (χ4v) is 4.95. The molecule has 1 aliphatic rings. The second kappa shape index (κ2) is 7.66. The summed E-state index contributed by atoms with van der Waals surface area (Å²) in [6, 6.07) is 9.74. The van der Waals surface area contributed by atoms with Crippen LogP contribution in [0, 0.1) is 11.3 Å². The van der Waals surface area contributed by atoms with Gasteiger partial charge in [0.2, 0.25) is 0 Å². The summed E-state index contributed by atoms with van der Waals surface area (Å²) < 4.78 is 0. The van der Waals surface area contributed by atoms with Gasteiger partial charge < -0.3 is 0 Å². The molecule has 0 heterocycles. The fourth-order valence-electron chi connectivity index (χ4n) is 4.95. The van der Waals surface area contributed by atoms with Crippen LogP contribution in [-0.2, 0) is 0 Å². The average molecular weight is 301 g/mol. The Balaban J connectivity index is 2.18. The molecule has 0 nitrogen and oxygen atoms in total. The molecule has 1 aromatic carbocycles. The number of rotatable bonds is 6. The summed E-state index contributed by atoms with van der Waals surface area (Å²) in [6.45, 7) is 12.0. The fraction of sp³-hybridized carbons (Fsp3) is 0.727. The second-order valence-corrected chi connectivity index (χ2v) is 8.46. The predicted octanol–water partition coefficient (Wildman–Crippen LogP) is 7.30. The van der Waals surface area contributed by atoms with E-state index in [1.807, 2.05) is 0 Å². The van der Waals surface area contributed by atoms with E-state index in [2.05, 4.69) is 58.9 Å². The van der Waals surface area contributed by atoms with E-state index in [-0.39, 0.29) is 0 Å².